The second-order valence-corrected chi connectivity index (χ2v) is 7.60. The third-order valence-corrected chi connectivity index (χ3v) is 4.46. The molecule has 1 aromatic rings. The summed E-state index contributed by atoms with van der Waals surface area (Å²) in [6, 6.07) is 8.38. The van der Waals surface area contributed by atoms with Crippen LogP contribution in [-0.2, 0) is 10.8 Å². The van der Waals surface area contributed by atoms with Crippen molar-refractivity contribution in [3.8, 4) is 0 Å². The maximum atomic E-state index is 9.89. The van der Waals surface area contributed by atoms with E-state index in [2.05, 4.69) is 32.9 Å². The monoisotopic (exact) mass is 238 g/mol. The molecular weight excluding hydrogens is 215 g/mol. The van der Waals surface area contributed by atoms with E-state index in [0.717, 1.165) is 14.1 Å². The molecule has 0 saturated carbocycles. The van der Waals surface area contributed by atoms with Crippen molar-refractivity contribution in [2.75, 3.05) is 6.16 Å². The zero-order valence-corrected chi connectivity index (χ0v) is 12.0. The highest BCUT2D eigenvalue weighted by Gasteiger charge is 2.21. The Balaban J connectivity index is 2.95. The molecule has 90 valence electrons. The van der Waals surface area contributed by atoms with Crippen LogP contribution in [0.5, 0.6) is 0 Å². The van der Waals surface area contributed by atoms with Crippen molar-refractivity contribution in [3.05, 3.63) is 35.4 Å². The van der Waals surface area contributed by atoms with Gasteiger partial charge in [0.1, 0.15) is 0 Å². The van der Waals surface area contributed by atoms with Crippen LogP contribution in [0.25, 0.3) is 0 Å². The number of benzene rings is 1. The highest BCUT2D eigenvalue weighted by atomic mass is 31.1. The zero-order chi connectivity index (χ0) is 12.4. The van der Waals surface area contributed by atoms with E-state index in [0.29, 0.717) is 0 Å². The molecule has 0 heterocycles. The van der Waals surface area contributed by atoms with E-state index in [9.17, 15) is 5.11 Å². The smallest absolute Gasteiger partial charge is 0.0840 e. The van der Waals surface area contributed by atoms with Gasteiger partial charge in [-0.25, -0.2) is 0 Å². The fourth-order valence-electron chi connectivity index (χ4n) is 1.84. The summed E-state index contributed by atoms with van der Waals surface area (Å²) in [5.41, 5.74) is 1.60. The van der Waals surface area contributed by atoms with Crippen LogP contribution in [-0.4, -0.2) is 11.3 Å². The van der Waals surface area contributed by atoms with Gasteiger partial charge in [-0.05, 0) is 31.1 Å². The molecule has 1 atom stereocenters. The Kier molecular flexibility index (Phi) is 4.15. The normalized spacial score (nSPS) is 13.6. The number of rotatable bonds is 4. The van der Waals surface area contributed by atoms with Gasteiger partial charge in [-0.15, -0.1) is 8.58 Å². The van der Waals surface area contributed by atoms with Gasteiger partial charge in [-0.3, -0.25) is 0 Å². The van der Waals surface area contributed by atoms with Crippen molar-refractivity contribution in [1.29, 1.82) is 0 Å². The fourth-order valence-corrected chi connectivity index (χ4v) is 3.09. The van der Waals surface area contributed by atoms with Gasteiger partial charge in [0.05, 0.1) is 5.60 Å². The minimum Gasteiger partial charge on any atom is -0.386 e. The molecule has 0 amide bonds. The van der Waals surface area contributed by atoms with Crippen LogP contribution in [0.1, 0.15) is 45.7 Å². The Hall–Kier alpha value is -0.390. The first-order chi connectivity index (χ1) is 7.27. The molecular formula is C14H23OP. The summed E-state index contributed by atoms with van der Waals surface area (Å²) in [5.74, 6) is 0. The topological polar surface area (TPSA) is 20.2 Å². The van der Waals surface area contributed by atoms with Crippen molar-refractivity contribution < 1.29 is 5.11 Å². The van der Waals surface area contributed by atoms with Crippen LogP contribution in [0.3, 0.4) is 0 Å². The maximum absolute atomic E-state index is 9.89. The lowest BCUT2D eigenvalue weighted by molar-refractivity contribution is 0.0786. The van der Waals surface area contributed by atoms with Crippen LogP contribution in [0.15, 0.2) is 24.3 Å². The predicted octanol–water partition coefficient (Wildman–Crippen LogP) is 3.85. The summed E-state index contributed by atoms with van der Waals surface area (Å²) >= 11 is 0. The largest absolute Gasteiger partial charge is 0.386 e. The third-order valence-electron chi connectivity index (χ3n) is 2.93. The van der Waals surface area contributed by atoms with Crippen LogP contribution < -0.4 is 0 Å². The van der Waals surface area contributed by atoms with Gasteiger partial charge in [0, 0.05) is 5.16 Å². The first-order valence-electron chi connectivity index (χ1n) is 5.86. The van der Waals surface area contributed by atoms with Crippen molar-refractivity contribution in [1.82, 2.24) is 0 Å². The highest BCUT2D eigenvalue weighted by Crippen LogP contribution is 2.40. The summed E-state index contributed by atoms with van der Waals surface area (Å²) < 4.78 is 0. The minimum absolute atomic E-state index is 0.257. The Labute approximate surface area is 101 Å². The second kappa shape index (κ2) is 4.85. The van der Waals surface area contributed by atoms with Gasteiger partial charge in [0.2, 0.25) is 0 Å². The predicted molar refractivity (Wildman–Crippen MR) is 73.6 cm³/mol. The maximum Gasteiger partial charge on any atom is 0.0840 e. The standard InChI is InChI=1S/C14H23OP/c1-6-16-14(4,5)12-9-7-11(8-10-12)13(2,3)15/h7-10,15-16H,6H2,1-5H3. The van der Waals surface area contributed by atoms with Gasteiger partial charge in [0.15, 0.2) is 0 Å². The van der Waals surface area contributed by atoms with Gasteiger partial charge >= 0.3 is 0 Å². The Morgan fingerprint density at radius 1 is 1.00 bits per heavy atom. The van der Waals surface area contributed by atoms with Crippen LogP contribution in [0, 0.1) is 0 Å². The zero-order valence-electron chi connectivity index (χ0n) is 11.0. The van der Waals surface area contributed by atoms with Gasteiger partial charge in [-0.2, -0.15) is 0 Å². The van der Waals surface area contributed by atoms with Crippen molar-refractivity contribution in [3.63, 3.8) is 0 Å². The van der Waals surface area contributed by atoms with Gasteiger partial charge < -0.3 is 5.11 Å². The van der Waals surface area contributed by atoms with E-state index < -0.39 is 5.60 Å². The molecule has 16 heavy (non-hydrogen) atoms. The first kappa shape index (κ1) is 13.7. The summed E-state index contributed by atoms with van der Waals surface area (Å²) in [6.07, 6.45) is 1.22. The molecule has 1 nitrogen and oxygen atoms in total. The lowest BCUT2D eigenvalue weighted by Crippen LogP contribution is -2.16. The quantitative estimate of drug-likeness (QED) is 0.790. The number of hydrogen-bond donors (Lipinski definition) is 1. The summed E-state index contributed by atoms with van der Waals surface area (Å²) in [4.78, 5) is 0. The lowest BCUT2D eigenvalue weighted by atomic mass is 9.94. The molecule has 2 heteroatoms. The molecule has 1 rings (SSSR count). The second-order valence-electron chi connectivity index (χ2n) is 5.29. The summed E-state index contributed by atoms with van der Waals surface area (Å²) in [6.45, 7) is 10.4. The SMILES string of the molecule is CCPC(C)(C)c1ccc(C(C)(C)O)cc1. The van der Waals surface area contributed by atoms with E-state index in [1.807, 2.05) is 26.0 Å². The molecule has 0 aliphatic carbocycles. The Bertz CT molecular complexity index is 333. The molecule has 0 spiro atoms. The van der Waals surface area contributed by atoms with Gasteiger partial charge in [-0.1, -0.05) is 45.0 Å². The van der Waals surface area contributed by atoms with E-state index >= 15 is 0 Å². The van der Waals surface area contributed by atoms with Crippen molar-refractivity contribution in [2.45, 2.75) is 45.4 Å². The van der Waals surface area contributed by atoms with E-state index in [4.69, 9.17) is 0 Å². The molecule has 1 aromatic carbocycles. The van der Waals surface area contributed by atoms with Crippen molar-refractivity contribution in [2.24, 2.45) is 0 Å². The third kappa shape index (κ3) is 3.30. The summed E-state index contributed by atoms with van der Waals surface area (Å²) in [5, 5.41) is 10.1. The molecule has 0 aliphatic rings. The lowest BCUT2D eigenvalue weighted by Gasteiger charge is -2.26. The van der Waals surface area contributed by atoms with E-state index in [1.54, 1.807) is 0 Å². The Morgan fingerprint density at radius 3 is 1.81 bits per heavy atom. The van der Waals surface area contributed by atoms with Crippen molar-refractivity contribution >= 4 is 8.58 Å². The molecule has 0 aromatic heterocycles. The summed E-state index contributed by atoms with van der Waals surface area (Å²) in [7, 11) is 0.940. The fraction of sp³-hybridized carbons (Fsp3) is 0.571. The molecule has 1 N–H and O–H groups in total. The number of hydrogen-bond acceptors (Lipinski definition) is 1. The highest BCUT2D eigenvalue weighted by molar-refractivity contribution is 7.39. The molecule has 0 aliphatic heterocycles. The Morgan fingerprint density at radius 2 is 1.44 bits per heavy atom. The number of aliphatic hydroxyl groups is 1. The minimum atomic E-state index is -0.740. The van der Waals surface area contributed by atoms with E-state index in [1.165, 1.54) is 11.7 Å². The van der Waals surface area contributed by atoms with Crippen LogP contribution in [0.4, 0.5) is 0 Å². The van der Waals surface area contributed by atoms with Crippen LogP contribution in [0.2, 0.25) is 0 Å². The van der Waals surface area contributed by atoms with E-state index in [-0.39, 0.29) is 5.16 Å². The molecule has 0 bridgehead atoms. The van der Waals surface area contributed by atoms with Crippen LogP contribution >= 0.6 is 8.58 Å². The average molecular weight is 238 g/mol. The molecule has 0 radical (unpaired) electrons. The average Bonchev–Trinajstić information content (AvgIpc) is 2.16. The molecule has 0 fully saturated rings. The molecule has 1 unspecified atom stereocenters. The molecule has 0 saturated heterocycles. The first-order valence-corrected chi connectivity index (χ1v) is 7.06. The van der Waals surface area contributed by atoms with Gasteiger partial charge in [0.25, 0.3) is 0 Å².